The van der Waals surface area contributed by atoms with Crippen molar-refractivity contribution in [3.05, 3.63) is 102 Å². The van der Waals surface area contributed by atoms with E-state index in [-0.39, 0.29) is 24.8 Å². The number of halogens is 1. The first-order valence-electron chi connectivity index (χ1n) is 10.9. The van der Waals surface area contributed by atoms with Gasteiger partial charge in [-0.15, -0.1) is 0 Å². The van der Waals surface area contributed by atoms with Crippen molar-refractivity contribution in [2.24, 2.45) is 5.16 Å². The Balaban J connectivity index is 1.42. The summed E-state index contributed by atoms with van der Waals surface area (Å²) < 4.78 is 19.1. The average Bonchev–Trinajstić information content (AvgIpc) is 2.85. The predicted molar refractivity (Wildman–Crippen MR) is 126 cm³/mol. The topological polar surface area (TPSA) is 34.1 Å². The fourth-order valence-corrected chi connectivity index (χ4v) is 3.58. The van der Waals surface area contributed by atoms with Crippen LogP contribution in [0.3, 0.4) is 0 Å². The van der Waals surface area contributed by atoms with Crippen molar-refractivity contribution < 1.29 is 14.0 Å². The van der Waals surface area contributed by atoms with Gasteiger partial charge in [-0.05, 0) is 29.7 Å². The number of oxime groups is 1. The van der Waals surface area contributed by atoms with Crippen LogP contribution in [0, 0.1) is 5.82 Å². The first kappa shape index (κ1) is 21.8. The molecule has 1 aliphatic heterocycles. The maximum absolute atomic E-state index is 13.7. The minimum Gasteiger partial charge on any atom is -0.487 e. The molecular weight excluding hydrogens is 403 g/mol. The molecule has 4 nitrogen and oxygen atoms in total. The summed E-state index contributed by atoms with van der Waals surface area (Å²) in [5.74, 6) is -0.162. The number of benzene rings is 3. The van der Waals surface area contributed by atoms with E-state index in [1.165, 1.54) is 11.6 Å². The first-order chi connectivity index (χ1) is 15.8. The van der Waals surface area contributed by atoms with E-state index in [9.17, 15) is 4.39 Å². The third-order valence-corrected chi connectivity index (χ3v) is 5.28. The van der Waals surface area contributed by atoms with Crippen molar-refractivity contribution in [3.8, 4) is 16.9 Å². The highest BCUT2D eigenvalue weighted by molar-refractivity contribution is 6.02. The van der Waals surface area contributed by atoms with E-state index in [0.29, 0.717) is 6.54 Å². The Labute approximate surface area is 188 Å². The first-order valence-corrected chi connectivity index (χ1v) is 10.9. The molecule has 0 amide bonds. The van der Waals surface area contributed by atoms with E-state index in [2.05, 4.69) is 58.6 Å². The van der Waals surface area contributed by atoms with Gasteiger partial charge in [0.25, 0.3) is 0 Å². The minimum absolute atomic E-state index is 0.219. The highest BCUT2D eigenvalue weighted by atomic mass is 19.1. The molecule has 0 bridgehead atoms. The SMILES string of the molecule is Fc1ccccc1OCCON=C(CN1CC=CCC1)c1ccc(-c2ccccc2)cc1. The van der Waals surface area contributed by atoms with Gasteiger partial charge in [0.05, 0.1) is 0 Å². The predicted octanol–water partition coefficient (Wildman–Crippen LogP) is 5.55. The van der Waals surface area contributed by atoms with Crippen molar-refractivity contribution in [2.75, 3.05) is 32.8 Å². The van der Waals surface area contributed by atoms with E-state index in [4.69, 9.17) is 9.57 Å². The van der Waals surface area contributed by atoms with Crippen LogP contribution in [0.1, 0.15) is 12.0 Å². The zero-order valence-corrected chi connectivity index (χ0v) is 18.0. The molecule has 0 saturated heterocycles. The summed E-state index contributed by atoms with van der Waals surface area (Å²) in [4.78, 5) is 7.90. The van der Waals surface area contributed by atoms with Crippen LogP contribution in [-0.4, -0.2) is 43.5 Å². The fraction of sp³-hybridized carbons (Fsp3) is 0.222. The molecule has 0 atom stereocenters. The second kappa shape index (κ2) is 11.3. The van der Waals surface area contributed by atoms with Gasteiger partial charge in [0, 0.05) is 25.2 Å². The minimum atomic E-state index is -0.381. The van der Waals surface area contributed by atoms with Gasteiger partial charge in [0.15, 0.2) is 18.2 Å². The Morgan fingerprint density at radius 2 is 1.59 bits per heavy atom. The largest absolute Gasteiger partial charge is 0.487 e. The molecule has 4 rings (SSSR count). The van der Waals surface area contributed by atoms with Gasteiger partial charge in [-0.2, -0.15) is 0 Å². The zero-order valence-electron chi connectivity index (χ0n) is 18.0. The van der Waals surface area contributed by atoms with Crippen molar-refractivity contribution in [1.82, 2.24) is 4.90 Å². The summed E-state index contributed by atoms with van der Waals surface area (Å²) in [5.41, 5.74) is 4.23. The van der Waals surface area contributed by atoms with E-state index in [1.54, 1.807) is 18.2 Å². The molecule has 0 aliphatic carbocycles. The monoisotopic (exact) mass is 430 g/mol. The smallest absolute Gasteiger partial charge is 0.165 e. The molecule has 3 aromatic rings. The number of rotatable bonds is 9. The second-order valence-corrected chi connectivity index (χ2v) is 7.59. The number of hydrogen-bond donors (Lipinski definition) is 0. The van der Waals surface area contributed by atoms with Gasteiger partial charge in [0.2, 0.25) is 0 Å². The average molecular weight is 431 g/mol. The number of para-hydroxylation sites is 1. The lowest BCUT2D eigenvalue weighted by Crippen LogP contribution is -2.33. The van der Waals surface area contributed by atoms with Crippen molar-refractivity contribution >= 4 is 5.71 Å². The van der Waals surface area contributed by atoms with E-state index in [1.807, 2.05) is 18.2 Å². The van der Waals surface area contributed by atoms with Gasteiger partial charge in [-0.1, -0.05) is 84.0 Å². The number of ether oxygens (including phenoxy) is 1. The number of hydrogen-bond acceptors (Lipinski definition) is 4. The molecule has 1 heterocycles. The van der Waals surface area contributed by atoms with Crippen LogP contribution in [0.25, 0.3) is 11.1 Å². The van der Waals surface area contributed by atoms with E-state index in [0.717, 1.165) is 36.3 Å². The lowest BCUT2D eigenvalue weighted by Gasteiger charge is -2.23. The van der Waals surface area contributed by atoms with E-state index < -0.39 is 0 Å². The molecule has 0 radical (unpaired) electrons. The molecule has 32 heavy (non-hydrogen) atoms. The van der Waals surface area contributed by atoms with Gasteiger partial charge in [-0.25, -0.2) is 4.39 Å². The molecule has 0 unspecified atom stereocenters. The van der Waals surface area contributed by atoms with Crippen LogP contribution in [0.5, 0.6) is 5.75 Å². The molecule has 0 aromatic heterocycles. The number of nitrogens with zero attached hydrogens (tertiary/aromatic N) is 2. The van der Waals surface area contributed by atoms with Gasteiger partial charge < -0.3 is 9.57 Å². The summed E-state index contributed by atoms with van der Waals surface area (Å²) >= 11 is 0. The normalized spacial score (nSPS) is 14.3. The Hall–Kier alpha value is -3.44. The van der Waals surface area contributed by atoms with Crippen LogP contribution in [0.15, 0.2) is 96.2 Å². The summed E-state index contributed by atoms with van der Waals surface area (Å²) in [6.07, 6.45) is 5.43. The summed E-state index contributed by atoms with van der Waals surface area (Å²) in [7, 11) is 0. The molecule has 0 saturated carbocycles. The molecule has 0 fully saturated rings. The van der Waals surface area contributed by atoms with Crippen LogP contribution >= 0.6 is 0 Å². The quantitative estimate of drug-likeness (QED) is 0.193. The van der Waals surface area contributed by atoms with E-state index >= 15 is 0 Å². The molecule has 5 heteroatoms. The van der Waals surface area contributed by atoms with Gasteiger partial charge >= 0.3 is 0 Å². The Bertz CT molecular complexity index is 1050. The maximum atomic E-state index is 13.7. The Kier molecular flexibility index (Phi) is 7.66. The van der Waals surface area contributed by atoms with Gasteiger partial charge in [-0.3, -0.25) is 4.90 Å². The van der Waals surface area contributed by atoms with Crippen LogP contribution < -0.4 is 4.74 Å². The van der Waals surface area contributed by atoms with Crippen LogP contribution in [-0.2, 0) is 4.84 Å². The molecule has 164 valence electrons. The van der Waals surface area contributed by atoms with Crippen molar-refractivity contribution in [3.63, 3.8) is 0 Å². The summed E-state index contributed by atoms with van der Waals surface area (Å²) in [6.45, 7) is 3.05. The standard InChI is InChI=1S/C27H27FN2O2/c28-25-11-5-6-12-27(25)31-19-20-32-29-26(21-30-17-7-2-8-18-30)24-15-13-23(14-16-24)22-9-3-1-4-10-22/h1-7,9-16H,8,17-21H2. The summed E-state index contributed by atoms with van der Waals surface area (Å²) in [6, 6.07) is 25.0. The van der Waals surface area contributed by atoms with Gasteiger partial charge in [0.1, 0.15) is 12.3 Å². The molecule has 3 aromatic carbocycles. The molecule has 1 aliphatic rings. The third-order valence-electron chi connectivity index (χ3n) is 5.28. The molecule has 0 spiro atoms. The zero-order chi connectivity index (χ0) is 22.0. The third kappa shape index (κ3) is 6.05. The lowest BCUT2D eigenvalue weighted by atomic mass is 10.0. The summed E-state index contributed by atoms with van der Waals surface area (Å²) in [5, 5.41) is 4.42. The highest BCUT2D eigenvalue weighted by Gasteiger charge is 2.13. The maximum Gasteiger partial charge on any atom is 0.165 e. The Morgan fingerprint density at radius 3 is 2.34 bits per heavy atom. The van der Waals surface area contributed by atoms with Crippen LogP contribution in [0.4, 0.5) is 4.39 Å². The van der Waals surface area contributed by atoms with Crippen molar-refractivity contribution in [2.45, 2.75) is 6.42 Å². The van der Waals surface area contributed by atoms with Crippen LogP contribution in [0.2, 0.25) is 0 Å². The van der Waals surface area contributed by atoms with Crippen molar-refractivity contribution in [1.29, 1.82) is 0 Å². The second-order valence-electron chi connectivity index (χ2n) is 7.59. The highest BCUT2D eigenvalue weighted by Crippen LogP contribution is 2.20. The lowest BCUT2D eigenvalue weighted by molar-refractivity contribution is 0.104. The Morgan fingerprint density at radius 1 is 0.844 bits per heavy atom. The molecular formula is C27H27FN2O2. The fourth-order valence-electron chi connectivity index (χ4n) is 3.58. The molecule has 0 N–H and O–H groups in total.